The zero-order valence-electron chi connectivity index (χ0n) is 18.7. The number of likely N-dealkylation sites (tertiary alicyclic amines) is 1. The van der Waals surface area contributed by atoms with Gasteiger partial charge in [0.2, 0.25) is 0 Å². The summed E-state index contributed by atoms with van der Waals surface area (Å²) in [6.07, 6.45) is 6.81. The van der Waals surface area contributed by atoms with E-state index in [0.29, 0.717) is 43.3 Å². The van der Waals surface area contributed by atoms with Crippen LogP contribution in [0.1, 0.15) is 54.1 Å². The number of nitrogens with one attached hydrogen (secondary N) is 1. The van der Waals surface area contributed by atoms with Crippen molar-refractivity contribution in [2.45, 2.75) is 51.2 Å². The van der Waals surface area contributed by atoms with Crippen molar-refractivity contribution in [1.82, 2.24) is 19.7 Å². The van der Waals surface area contributed by atoms with Crippen LogP contribution in [0.4, 0.5) is 0 Å². The Morgan fingerprint density at radius 1 is 1.16 bits per heavy atom. The molecule has 32 heavy (non-hydrogen) atoms. The molecule has 1 N–H and O–H groups in total. The van der Waals surface area contributed by atoms with Gasteiger partial charge in [-0.15, -0.1) is 0 Å². The molecule has 1 aromatic carbocycles. The molecule has 8 nitrogen and oxygen atoms in total. The Labute approximate surface area is 186 Å². The molecular weight excluding hydrogens is 408 g/mol. The molecule has 2 aliphatic rings. The van der Waals surface area contributed by atoms with Crippen molar-refractivity contribution in [2.75, 3.05) is 33.4 Å². The minimum absolute atomic E-state index is 0.0359. The van der Waals surface area contributed by atoms with Crippen LogP contribution in [-0.4, -0.2) is 65.1 Å². The summed E-state index contributed by atoms with van der Waals surface area (Å²) in [6.45, 7) is 4.45. The highest BCUT2D eigenvalue weighted by molar-refractivity contribution is 6.07. The molecule has 8 heteroatoms. The molecule has 0 atom stereocenters. The highest BCUT2D eigenvalue weighted by Crippen LogP contribution is 2.35. The van der Waals surface area contributed by atoms with Gasteiger partial charge in [0.25, 0.3) is 11.5 Å². The second kappa shape index (κ2) is 8.67. The van der Waals surface area contributed by atoms with Crippen molar-refractivity contribution in [1.29, 1.82) is 0 Å². The first-order valence-corrected chi connectivity index (χ1v) is 11.5. The van der Waals surface area contributed by atoms with E-state index in [1.165, 1.54) is 6.42 Å². The van der Waals surface area contributed by atoms with Gasteiger partial charge >= 0.3 is 0 Å². The third-order valence-corrected chi connectivity index (χ3v) is 6.93. The maximum absolute atomic E-state index is 13.4. The van der Waals surface area contributed by atoms with Crippen LogP contribution < -0.4 is 5.56 Å². The predicted octanol–water partition coefficient (Wildman–Crippen LogP) is 3.18. The van der Waals surface area contributed by atoms with Crippen molar-refractivity contribution >= 4 is 27.7 Å². The Bertz CT molecular complexity index is 1200. The number of carbonyl (C=O) groups excluding carboxylic acids is 1. The molecule has 2 fully saturated rings. The lowest BCUT2D eigenvalue weighted by Crippen LogP contribution is -2.41. The summed E-state index contributed by atoms with van der Waals surface area (Å²) in [6, 6.07) is 4.20. The minimum Gasteiger partial charge on any atom is -0.382 e. The van der Waals surface area contributed by atoms with E-state index in [-0.39, 0.29) is 17.6 Å². The van der Waals surface area contributed by atoms with Crippen LogP contribution >= 0.6 is 0 Å². The number of rotatable bonds is 6. The number of pyridine rings is 1. The molecule has 2 aromatic heterocycles. The smallest absolute Gasteiger partial charge is 0.259 e. The van der Waals surface area contributed by atoms with Crippen LogP contribution in [0.2, 0.25) is 0 Å². The van der Waals surface area contributed by atoms with Gasteiger partial charge < -0.3 is 19.4 Å². The lowest BCUT2D eigenvalue weighted by atomic mass is 9.93. The number of H-pyrrole nitrogens is 1. The molecule has 0 unspecified atom stereocenters. The monoisotopic (exact) mass is 438 g/mol. The third-order valence-electron chi connectivity index (χ3n) is 6.93. The van der Waals surface area contributed by atoms with Gasteiger partial charge in [0.1, 0.15) is 0 Å². The number of hydrogen-bond acceptors (Lipinski definition) is 5. The van der Waals surface area contributed by atoms with Crippen molar-refractivity contribution in [3.05, 3.63) is 39.8 Å². The zero-order chi connectivity index (χ0) is 22.2. The van der Waals surface area contributed by atoms with Crippen LogP contribution in [0.25, 0.3) is 21.8 Å². The van der Waals surface area contributed by atoms with E-state index in [2.05, 4.69) is 10.1 Å². The van der Waals surface area contributed by atoms with Crippen LogP contribution in [0.15, 0.2) is 23.1 Å². The van der Waals surface area contributed by atoms with Crippen molar-refractivity contribution in [2.24, 2.45) is 0 Å². The second-order valence-electron chi connectivity index (χ2n) is 8.96. The number of aryl methyl sites for hydroxylation is 1. The number of nitrogens with zero attached hydrogens (tertiary/aromatic N) is 3. The molecule has 1 amide bonds. The van der Waals surface area contributed by atoms with E-state index >= 15 is 0 Å². The number of methoxy groups -OCH3 is 1. The van der Waals surface area contributed by atoms with Crippen LogP contribution in [0, 0.1) is 6.92 Å². The van der Waals surface area contributed by atoms with Crippen LogP contribution in [0.5, 0.6) is 0 Å². The SMILES string of the molecule is COCCOC1CCN(C(=O)c2cc3c(cc2C)[nH]c(=O)c2cnn(C4CCC4)c23)CC1. The summed E-state index contributed by atoms with van der Waals surface area (Å²) in [7, 11) is 1.67. The number of aromatic amines is 1. The summed E-state index contributed by atoms with van der Waals surface area (Å²) in [5, 5.41) is 6.00. The second-order valence-corrected chi connectivity index (χ2v) is 8.96. The minimum atomic E-state index is -0.132. The van der Waals surface area contributed by atoms with Crippen molar-refractivity contribution in [3.63, 3.8) is 0 Å². The molecular formula is C24H30N4O4. The summed E-state index contributed by atoms with van der Waals surface area (Å²) in [5.74, 6) is 0.0359. The molecule has 0 radical (unpaired) electrons. The molecule has 3 heterocycles. The van der Waals surface area contributed by atoms with Crippen LogP contribution in [-0.2, 0) is 9.47 Å². The van der Waals surface area contributed by atoms with E-state index in [1.54, 1.807) is 13.3 Å². The molecule has 0 bridgehead atoms. The number of fused-ring (bicyclic) bond motifs is 3. The van der Waals surface area contributed by atoms with Gasteiger partial charge in [0.05, 0.1) is 48.0 Å². The largest absolute Gasteiger partial charge is 0.382 e. The molecule has 0 spiro atoms. The van der Waals surface area contributed by atoms with Gasteiger partial charge in [-0.2, -0.15) is 5.10 Å². The quantitative estimate of drug-likeness (QED) is 0.597. The van der Waals surface area contributed by atoms with Gasteiger partial charge in [-0.3, -0.25) is 14.3 Å². The van der Waals surface area contributed by atoms with E-state index in [9.17, 15) is 9.59 Å². The first-order chi connectivity index (χ1) is 15.6. The molecule has 3 aromatic rings. The molecule has 170 valence electrons. The fraction of sp³-hybridized carbons (Fsp3) is 0.542. The highest BCUT2D eigenvalue weighted by Gasteiger charge is 2.27. The van der Waals surface area contributed by atoms with Gasteiger partial charge in [-0.05, 0) is 56.7 Å². The Kier molecular flexibility index (Phi) is 5.73. The molecule has 1 saturated carbocycles. The van der Waals surface area contributed by atoms with E-state index in [4.69, 9.17) is 9.47 Å². The van der Waals surface area contributed by atoms with Gasteiger partial charge in [0.15, 0.2) is 0 Å². The number of aromatic nitrogens is 3. The summed E-state index contributed by atoms with van der Waals surface area (Å²) >= 11 is 0. The maximum Gasteiger partial charge on any atom is 0.259 e. The fourth-order valence-corrected chi connectivity index (χ4v) is 4.83. The Morgan fingerprint density at radius 3 is 2.62 bits per heavy atom. The fourth-order valence-electron chi connectivity index (χ4n) is 4.83. The summed E-state index contributed by atoms with van der Waals surface area (Å²) in [5.41, 5.74) is 3.01. The summed E-state index contributed by atoms with van der Waals surface area (Å²) in [4.78, 5) is 31.0. The van der Waals surface area contributed by atoms with Gasteiger partial charge in [-0.25, -0.2) is 0 Å². The number of benzene rings is 1. The van der Waals surface area contributed by atoms with E-state index in [0.717, 1.165) is 47.7 Å². The normalized spacial score (nSPS) is 17.9. The number of amides is 1. The topological polar surface area (TPSA) is 89.4 Å². The average molecular weight is 439 g/mol. The van der Waals surface area contributed by atoms with Gasteiger partial charge in [-0.1, -0.05) is 0 Å². The van der Waals surface area contributed by atoms with Crippen molar-refractivity contribution < 1.29 is 14.3 Å². The number of carbonyl (C=O) groups is 1. The lowest BCUT2D eigenvalue weighted by Gasteiger charge is -2.32. The molecule has 1 aliphatic heterocycles. The Balaban J connectivity index is 1.45. The van der Waals surface area contributed by atoms with E-state index < -0.39 is 0 Å². The van der Waals surface area contributed by atoms with Gasteiger partial charge in [0, 0.05) is 31.1 Å². The predicted molar refractivity (Wildman–Crippen MR) is 122 cm³/mol. The number of piperidine rings is 1. The Hall–Kier alpha value is -2.71. The molecule has 1 saturated heterocycles. The summed E-state index contributed by atoms with van der Waals surface area (Å²) < 4.78 is 12.9. The number of hydrogen-bond donors (Lipinski definition) is 1. The zero-order valence-corrected chi connectivity index (χ0v) is 18.7. The lowest BCUT2D eigenvalue weighted by molar-refractivity contribution is -0.0122. The standard InChI is InChI=1S/C24H30N4O4/c1-15-12-21-19(22-20(23(29)26-21)14-25-28(22)16-4-3-5-16)13-18(15)24(30)27-8-6-17(7-9-27)32-11-10-31-2/h12-14,16-17H,3-11H2,1-2H3,(H,26,29). The highest BCUT2D eigenvalue weighted by atomic mass is 16.5. The molecule has 5 rings (SSSR count). The average Bonchev–Trinajstić information content (AvgIpc) is 3.18. The van der Waals surface area contributed by atoms with Crippen LogP contribution in [0.3, 0.4) is 0 Å². The first kappa shape index (κ1) is 21.2. The first-order valence-electron chi connectivity index (χ1n) is 11.5. The molecule has 1 aliphatic carbocycles. The Morgan fingerprint density at radius 2 is 1.94 bits per heavy atom. The number of ether oxygens (including phenoxy) is 2. The third kappa shape index (κ3) is 3.71. The van der Waals surface area contributed by atoms with Crippen molar-refractivity contribution in [3.8, 4) is 0 Å². The maximum atomic E-state index is 13.4. The van der Waals surface area contributed by atoms with E-state index in [1.807, 2.05) is 28.6 Å².